The Morgan fingerprint density at radius 1 is 0.949 bits per heavy atom. The third-order valence-corrected chi connectivity index (χ3v) is 13.3. The van der Waals surface area contributed by atoms with E-state index in [2.05, 4.69) is 62.0 Å². The van der Waals surface area contributed by atoms with Crippen LogP contribution in [0.25, 0.3) is 0 Å². The van der Waals surface area contributed by atoms with Crippen molar-refractivity contribution in [2.45, 2.75) is 81.7 Å². The summed E-state index contributed by atoms with van der Waals surface area (Å²) >= 11 is 0. The van der Waals surface area contributed by atoms with Gasteiger partial charge in [-0.25, -0.2) is 18.2 Å². The molecule has 4 aliphatic carbocycles. The molecule has 0 aromatic heterocycles. The second-order valence-electron chi connectivity index (χ2n) is 14.7. The van der Waals surface area contributed by atoms with Gasteiger partial charge in [-0.05, 0) is 111 Å². The van der Waals surface area contributed by atoms with Gasteiger partial charge in [-0.1, -0.05) is 39.0 Å². The summed E-state index contributed by atoms with van der Waals surface area (Å²) in [6.07, 6.45) is 11.4. The van der Waals surface area contributed by atoms with Gasteiger partial charge in [-0.15, -0.1) is 18.5 Å². The quantitative estimate of drug-likeness (QED) is 0.219. The van der Waals surface area contributed by atoms with Crippen molar-refractivity contribution in [1.29, 1.82) is 0 Å². The zero-order valence-corrected chi connectivity index (χ0v) is 27.9. The fourth-order valence-electron chi connectivity index (χ4n) is 9.91. The first kappa shape index (κ1) is 30.5. The van der Waals surface area contributed by atoms with Gasteiger partial charge < -0.3 is 10.6 Å². The average molecular weight is 607 g/mol. The Balaban J connectivity index is 0.000000464. The maximum absolute atomic E-state index is 3.75. The van der Waals surface area contributed by atoms with E-state index in [0.29, 0.717) is 5.41 Å². The molecule has 2 nitrogen and oxygen atoms in total. The Morgan fingerprint density at radius 3 is 1.97 bits per heavy atom. The van der Waals surface area contributed by atoms with E-state index < -0.39 is 0 Å². The molecule has 0 spiro atoms. The van der Waals surface area contributed by atoms with Gasteiger partial charge in [0.25, 0.3) is 0 Å². The third kappa shape index (κ3) is 5.46. The van der Waals surface area contributed by atoms with E-state index >= 15 is 0 Å². The Labute approximate surface area is 254 Å². The molecule has 4 saturated carbocycles. The van der Waals surface area contributed by atoms with Crippen molar-refractivity contribution in [2.24, 2.45) is 35.5 Å². The van der Waals surface area contributed by atoms with E-state index in [1.807, 2.05) is 35.9 Å². The van der Waals surface area contributed by atoms with Crippen molar-refractivity contribution < 1.29 is 17.1 Å². The molecule has 7 unspecified atom stereocenters. The van der Waals surface area contributed by atoms with Crippen molar-refractivity contribution in [2.75, 3.05) is 32.3 Å². The summed E-state index contributed by atoms with van der Waals surface area (Å²) in [4.78, 5) is 0. The van der Waals surface area contributed by atoms with Gasteiger partial charge in [0, 0.05) is 0 Å². The number of hydrogen-bond donors (Lipinski definition) is 2. The van der Waals surface area contributed by atoms with Gasteiger partial charge in [0.1, 0.15) is 0 Å². The molecular formula is C34H52FeN2P2. The molecule has 8 rings (SSSR count). The monoisotopic (exact) mass is 606 g/mol. The van der Waals surface area contributed by atoms with Crippen LogP contribution in [0.3, 0.4) is 0 Å². The fraction of sp³-hybridized carbons (Fsp3) is 0.706. The van der Waals surface area contributed by atoms with Crippen LogP contribution in [-0.2, 0) is 33.1 Å². The van der Waals surface area contributed by atoms with Gasteiger partial charge >= 0.3 is 17.1 Å². The molecule has 6 fully saturated rings. The second-order valence-corrected chi connectivity index (χ2v) is 16.1. The summed E-state index contributed by atoms with van der Waals surface area (Å²) in [7, 11) is 6.75. The summed E-state index contributed by atoms with van der Waals surface area (Å²) in [6, 6.07) is 15.5. The van der Waals surface area contributed by atoms with Crippen LogP contribution in [0.15, 0.2) is 42.5 Å². The minimum Gasteiger partial charge on any atom is -0.316 e. The van der Waals surface area contributed by atoms with Crippen LogP contribution < -0.4 is 10.6 Å². The molecule has 0 radical (unpaired) electrons. The summed E-state index contributed by atoms with van der Waals surface area (Å²) in [5, 5.41) is 7.69. The molecule has 39 heavy (non-hydrogen) atoms. The largest absolute Gasteiger partial charge is 2.00 e. The van der Waals surface area contributed by atoms with Crippen LogP contribution >= 0.6 is 18.5 Å². The Kier molecular flexibility index (Phi) is 9.33. The van der Waals surface area contributed by atoms with Crippen molar-refractivity contribution in [3.8, 4) is 0 Å². The maximum atomic E-state index is 3.75. The van der Waals surface area contributed by atoms with Crippen molar-refractivity contribution >= 4 is 18.5 Å². The second kappa shape index (κ2) is 11.9. The number of hydrogen-bond acceptors (Lipinski definition) is 2. The molecule has 0 amide bonds. The fourth-order valence-corrected chi connectivity index (χ4v) is 11.6. The molecule has 2 heterocycles. The van der Waals surface area contributed by atoms with E-state index in [0.717, 1.165) is 35.5 Å². The number of rotatable bonds is 5. The van der Waals surface area contributed by atoms with E-state index in [-0.39, 0.29) is 27.6 Å². The van der Waals surface area contributed by atoms with Gasteiger partial charge in [0.05, 0.1) is 0 Å². The first-order valence-corrected chi connectivity index (χ1v) is 17.0. The van der Waals surface area contributed by atoms with E-state index in [1.54, 1.807) is 11.1 Å². The minimum absolute atomic E-state index is 0. The Bertz CT molecular complexity index is 991. The average Bonchev–Trinajstić information content (AvgIpc) is 3.72. The molecule has 7 atom stereocenters. The standard InChI is InChI=1S/C29H47N2P2.C5H5.Fe/c1-27(2,3)23-11-24(28-13-18-8-19(14-28)10-20(9-18)26(28)17-32)25(12-23)29(33,21-4-6-30-15-21)22-5-7-31-16-22;1-2-4-5-3-1;/h11-12,18-22,26,30-31H,4-10,13-17,32-33H2,1-3H3;1-5H;/q2*-1;+2. The third-order valence-electron chi connectivity index (χ3n) is 11.6. The van der Waals surface area contributed by atoms with Crippen molar-refractivity contribution in [1.82, 2.24) is 10.6 Å². The molecule has 2 N–H and O–H groups in total. The van der Waals surface area contributed by atoms with Crippen LogP contribution in [0.1, 0.15) is 82.4 Å². The zero-order valence-electron chi connectivity index (χ0n) is 24.5. The predicted octanol–water partition coefficient (Wildman–Crippen LogP) is 6.96. The first-order valence-electron chi connectivity index (χ1n) is 15.6. The summed E-state index contributed by atoms with van der Waals surface area (Å²) in [6.45, 7) is 12.0. The van der Waals surface area contributed by atoms with Gasteiger partial charge in [0.2, 0.25) is 0 Å². The number of nitrogens with one attached hydrogen (secondary N) is 2. The van der Waals surface area contributed by atoms with Crippen LogP contribution in [-0.4, -0.2) is 32.3 Å². The summed E-state index contributed by atoms with van der Waals surface area (Å²) in [5.74, 6) is 5.25. The van der Waals surface area contributed by atoms with Crippen LogP contribution in [0.4, 0.5) is 0 Å². The zero-order chi connectivity index (χ0) is 26.5. The van der Waals surface area contributed by atoms with Crippen LogP contribution in [0.2, 0.25) is 0 Å². The topological polar surface area (TPSA) is 24.1 Å². The van der Waals surface area contributed by atoms with E-state index in [1.165, 1.54) is 77.3 Å². The molecule has 5 heteroatoms. The van der Waals surface area contributed by atoms with Crippen molar-refractivity contribution in [3.05, 3.63) is 59.2 Å². The van der Waals surface area contributed by atoms with Crippen molar-refractivity contribution in [3.63, 3.8) is 0 Å². The van der Waals surface area contributed by atoms with Gasteiger partial charge in [0.15, 0.2) is 0 Å². The minimum atomic E-state index is 0. The van der Waals surface area contributed by atoms with Crippen LogP contribution in [0, 0.1) is 35.5 Å². The normalized spacial score (nSPS) is 36.7. The smallest absolute Gasteiger partial charge is 0.316 e. The van der Waals surface area contributed by atoms with Gasteiger partial charge in [-0.2, -0.15) is 41.0 Å². The molecule has 4 bridgehead atoms. The molecule has 2 aromatic carbocycles. The van der Waals surface area contributed by atoms with E-state index in [9.17, 15) is 0 Å². The molecule has 216 valence electrons. The Hall–Kier alpha value is -0.000519. The molecular weight excluding hydrogens is 554 g/mol. The first-order chi connectivity index (χ1) is 18.3. The molecule has 2 aromatic rings. The Morgan fingerprint density at radius 2 is 1.54 bits per heavy atom. The maximum Gasteiger partial charge on any atom is 2.00 e. The molecule has 2 saturated heterocycles. The molecule has 6 aliphatic rings. The van der Waals surface area contributed by atoms with E-state index in [4.69, 9.17) is 0 Å². The SMILES string of the molecule is CC(C)(C)c1cc(C23CC4CC(CC(C4)C2CP)C3)c(C(P)(C2CCNC2)C2CCNC2)[cH-]1.[Fe+2].c1cc[cH-]c1. The van der Waals surface area contributed by atoms with Crippen LogP contribution in [0.5, 0.6) is 0 Å². The summed E-state index contributed by atoms with van der Waals surface area (Å²) in [5.41, 5.74) is 5.79. The molecule has 2 aliphatic heterocycles. The predicted molar refractivity (Wildman–Crippen MR) is 169 cm³/mol. The summed E-state index contributed by atoms with van der Waals surface area (Å²) < 4.78 is 0. The van der Waals surface area contributed by atoms with Gasteiger partial charge in [-0.3, -0.25) is 0 Å².